The number of rotatable bonds is 3. The molecular formula is C10H7BrClNOS. The number of hydrogen-bond acceptors (Lipinski definition) is 3. The SMILES string of the molecule is Clc1ccccc1OCc1nc(Br)cs1. The van der Waals surface area contributed by atoms with Crippen LogP contribution in [0.3, 0.4) is 0 Å². The number of para-hydroxylation sites is 1. The lowest BCUT2D eigenvalue weighted by molar-refractivity contribution is 0.305. The van der Waals surface area contributed by atoms with Gasteiger partial charge in [-0.3, -0.25) is 0 Å². The summed E-state index contributed by atoms with van der Waals surface area (Å²) >= 11 is 10.8. The Balaban J connectivity index is 2.02. The van der Waals surface area contributed by atoms with Crippen LogP contribution in [0.5, 0.6) is 5.75 Å². The van der Waals surface area contributed by atoms with Gasteiger partial charge in [-0.25, -0.2) is 4.98 Å². The third kappa shape index (κ3) is 2.93. The Morgan fingerprint density at radius 2 is 2.20 bits per heavy atom. The standard InChI is InChI=1S/C10H7BrClNOS/c11-9-6-15-10(13-9)5-14-8-4-2-1-3-7(8)12/h1-4,6H,5H2. The molecule has 0 aliphatic carbocycles. The van der Waals surface area contributed by atoms with Gasteiger partial charge in [0.2, 0.25) is 0 Å². The van der Waals surface area contributed by atoms with Crippen molar-refractivity contribution < 1.29 is 4.74 Å². The van der Waals surface area contributed by atoms with E-state index in [-0.39, 0.29) is 0 Å². The normalized spacial score (nSPS) is 10.3. The molecule has 78 valence electrons. The third-order valence-electron chi connectivity index (χ3n) is 1.71. The van der Waals surface area contributed by atoms with Crippen molar-refractivity contribution in [1.29, 1.82) is 0 Å². The van der Waals surface area contributed by atoms with Gasteiger partial charge in [-0.1, -0.05) is 23.7 Å². The van der Waals surface area contributed by atoms with Gasteiger partial charge in [0.15, 0.2) is 0 Å². The highest BCUT2D eigenvalue weighted by Crippen LogP contribution is 2.24. The summed E-state index contributed by atoms with van der Waals surface area (Å²) in [5.74, 6) is 0.686. The molecular weight excluding hydrogens is 298 g/mol. The summed E-state index contributed by atoms with van der Waals surface area (Å²) in [7, 11) is 0. The second kappa shape index (κ2) is 4.96. The maximum atomic E-state index is 5.94. The van der Waals surface area contributed by atoms with E-state index in [1.165, 1.54) is 0 Å². The lowest BCUT2D eigenvalue weighted by Gasteiger charge is -2.04. The number of nitrogens with zero attached hydrogens (tertiary/aromatic N) is 1. The fourth-order valence-corrected chi connectivity index (χ4v) is 2.42. The summed E-state index contributed by atoms with van der Waals surface area (Å²) in [6.07, 6.45) is 0. The van der Waals surface area contributed by atoms with E-state index in [9.17, 15) is 0 Å². The smallest absolute Gasteiger partial charge is 0.140 e. The third-order valence-corrected chi connectivity index (χ3v) is 3.56. The highest BCUT2D eigenvalue weighted by atomic mass is 79.9. The van der Waals surface area contributed by atoms with E-state index in [4.69, 9.17) is 16.3 Å². The Kier molecular flexibility index (Phi) is 3.61. The van der Waals surface area contributed by atoms with E-state index in [1.54, 1.807) is 17.4 Å². The van der Waals surface area contributed by atoms with Crippen LogP contribution >= 0.6 is 38.9 Å². The zero-order valence-corrected chi connectivity index (χ0v) is 10.8. The van der Waals surface area contributed by atoms with Crippen LogP contribution in [0.15, 0.2) is 34.2 Å². The summed E-state index contributed by atoms with van der Waals surface area (Å²) in [6, 6.07) is 7.40. The first-order valence-electron chi connectivity index (χ1n) is 4.23. The van der Waals surface area contributed by atoms with Crippen LogP contribution in [0.4, 0.5) is 0 Å². The molecule has 0 bridgehead atoms. The minimum atomic E-state index is 0.444. The predicted octanol–water partition coefficient (Wildman–Crippen LogP) is 4.14. The molecule has 2 nitrogen and oxygen atoms in total. The van der Waals surface area contributed by atoms with E-state index >= 15 is 0 Å². The number of benzene rings is 1. The zero-order chi connectivity index (χ0) is 10.7. The van der Waals surface area contributed by atoms with Gasteiger partial charge < -0.3 is 4.74 Å². The van der Waals surface area contributed by atoms with Gasteiger partial charge in [-0.05, 0) is 28.1 Å². The largest absolute Gasteiger partial charge is 0.485 e. The molecule has 5 heteroatoms. The minimum absolute atomic E-state index is 0.444. The molecule has 0 amide bonds. The van der Waals surface area contributed by atoms with Crippen molar-refractivity contribution in [2.24, 2.45) is 0 Å². The summed E-state index contributed by atoms with van der Waals surface area (Å²) in [6.45, 7) is 0.444. The Hall–Kier alpha value is -0.580. The fourth-order valence-electron chi connectivity index (χ4n) is 1.06. The van der Waals surface area contributed by atoms with E-state index in [2.05, 4.69) is 20.9 Å². The van der Waals surface area contributed by atoms with Crippen molar-refractivity contribution in [2.75, 3.05) is 0 Å². The van der Waals surface area contributed by atoms with Crippen molar-refractivity contribution in [1.82, 2.24) is 4.98 Å². The topological polar surface area (TPSA) is 22.1 Å². The van der Waals surface area contributed by atoms with E-state index in [0.717, 1.165) is 9.61 Å². The average Bonchev–Trinajstić information content (AvgIpc) is 2.63. The molecule has 0 saturated heterocycles. The number of halogens is 2. The lowest BCUT2D eigenvalue weighted by Crippen LogP contribution is -1.94. The monoisotopic (exact) mass is 303 g/mol. The van der Waals surface area contributed by atoms with E-state index in [0.29, 0.717) is 17.4 Å². The molecule has 0 atom stereocenters. The van der Waals surface area contributed by atoms with Crippen LogP contribution < -0.4 is 4.74 Å². The predicted molar refractivity (Wildman–Crippen MR) is 65.6 cm³/mol. The summed E-state index contributed by atoms with van der Waals surface area (Å²) in [5, 5.41) is 3.46. The second-order valence-electron chi connectivity index (χ2n) is 2.78. The molecule has 0 unspecified atom stereocenters. The van der Waals surface area contributed by atoms with Crippen LogP contribution in [-0.4, -0.2) is 4.98 Å². The van der Waals surface area contributed by atoms with Crippen LogP contribution in [0, 0.1) is 0 Å². The van der Waals surface area contributed by atoms with Gasteiger partial charge >= 0.3 is 0 Å². The Labute approximate surface area is 105 Å². The van der Waals surface area contributed by atoms with Crippen molar-refractivity contribution in [2.45, 2.75) is 6.61 Å². The Bertz CT molecular complexity index is 460. The first-order valence-corrected chi connectivity index (χ1v) is 6.28. The number of ether oxygens (including phenoxy) is 1. The van der Waals surface area contributed by atoms with Gasteiger partial charge in [0.05, 0.1) is 5.02 Å². The highest BCUT2D eigenvalue weighted by Gasteiger charge is 2.03. The van der Waals surface area contributed by atoms with Crippen LogP contribution in [0.25, 0.3) is 0 Å². The summed E-state index contributed by atoms with van der Waals surface area (Å²) < 4.78 is 6.37. The lowest BCUT2D eigenvalue weighted by atomic mass is 10.3. The molecule has 0 aliphatic heterocycles. The van der Waals surface area contributed by atoms with Crippen molar-refractivity contribution in [3.63, 3.8) is 0 Å². The van der Waals surface area contributed by atoms with Gasteiger partial charge in [0.1, 0.15) is 22.0 Å². The zero-order valence-electron chi connectivity index (χ0n) is 7.61. The highest BCUT2D eigenvalue weighted by molar-refractivity contribution is 9.10. The summed E-state index contributed by atoms with van der Waals surface area (Å²) in [5.41, 5.74) is 0. The van der Waals surface area contributed by atoms with E-state index in [1.807, 2.05) is 23.6 Å². The minimum Gasteiger partial charge on any atom is -0.485 e. The molecule has 0 radical (unpaired) electrons. The van der Waals surface area contributed by atoms with Gasteiger partial charge in [0.25, 0.3) is 0 Å². The van der Waals surface area contributed by atoms with Crippen molar-refractivity contribution in [3.05, 3.63) is 44.3 Å². The van der Waals surface area contributed by atoms with Crippen molar-refractivity contribution >= 4 is 38.9 Å². The molecule has 1 heterocycles. The van der Waals surface area contributed by atoms with E-state index < -0.39 is 0 Å². The van der Waals surface area contributed by atoms with Crippen molar-refractivity contribution in [3.8, 4) is 5.75 Å². The molecule has 1 aromatic carbocycles. The molecule has 2 aromatic rings. The molecule has 0 saturated carbocycles. The number of aromatic nitrogens is 1. The maximum Gasteiger partial charge on any atom is 0.140 e. The Morgan fingerprint density at radius 1 is 1.40 bits per heavy atom. The molecule has 2 rings (SSSR count). The molecule has 0 aliphatic rings. The van der Waals surface area contributed by atoms with Crippen LogP contribution in [-0.2, 0) is 6.61 Å². The van der Waals surface area contributed by atoms with Crippen LogP contribution in [0.1, 0.15) is 5.01 Å². The molecule has 1 aromatic heterocycles. The molecule has 0 fully saturated rings. The molecule has 15 heavy (non-hydrogen) atoms. The quantitative estimate of drug-likeness (QED) is 0.850. The first kappa shape index (κ1) is 10.9. The average molecular weight is 305 g/mol. The van der Waals surface area contributed by atoms with Crippen LogP contribution in [0.2, 0.25) is 5.02 Å². The van der Waals surface area contributed by atoms with Gasteiger partial charge in [-0.2, -0.15) is 0 Å². The van der Waals surface area contributed by atoms with Gasteiger partial charge in [-0.15, -0.1) is 11.3 Å². The maximum absolute atomic E-state index is 5.94. The molecule has 0 spiro atoms. The fraction of sp³-hybridized carbons (Fsp3) is 0.100. The molecule has 0 N–H and O–H groups in total. The Morgan fingerprint density at radius 3 is 2.87 bits per heavy atom. The van der Waals surface area contributed by atoms with Gasteiger partial charge in [0, 0.05) is 5.38 Å². The second-order valence-corrected chi connectivity index (χ2v) is 4.95. The summed E-state index contributed by atoms with van der Waals surface area (Å²) in [4.78, 5) is 4.22. The number of hydrogen-bond donors (Lipinski definition) is 0. The first-order chi connectivity index (χ1) is 7.25. The number of thiazole rings is 1.